The molecule has 9 N–H and O–H groups in total. The second-order valence-corrected chi connectivity index (χ2v) is 10.8. The van der Waals surface area contributed by atoms with Crippen LogP contribution >= 0.6 is 11.6 Å². The first-order chi connectivity index (χ1) is 20.7. The molecule has 1 atom stereocenters. The Balaban J connectivity index is 1.49. The summed E-state index contributed by atoms with van der Waals surface area (Å²) in [6.45, 7) is 6.67. The molecule has 1 heterocycles. The van der Waals surface area contributed by atoms with Gasteiger partial charge in [-0.25, -0.2) is 0 Å². The molecule has 44 heavy (non-hydrogen) atoms. The Bertz CT molecular complexity index is 1470. The second kappa shape index (κ2) is 13.1. The maximum atomic E-state index is 13.1. The third kappa shape index (κ3) is 8.61. The van der Waals surface area contributed by atoms with Gasteiger partial charge in [0.2, 0.25) is 11.9 Å². The number of aliphatic hydroxyl groups is 2. The van der Waals surface area contributed by atoms with E-state index in [1.807, 2.05) is 19.1 Å². The summed E-state index contributed by atoms with van der Waals surface area (Å²) in [5.41, 5.74) is 7.49. The monoisotopic (exact) mass is 635 g/mol. The Kier molecular flexibility index (Phi) is 9.71. The van der Waals surface area contributed by atoms with Crippen LogP contribution < -0.4 is 31.7 Å². The maximum Gasteiger partial charge on any atom is 0.486 e. The topological polar surface area (TPSA) is 186 Å². The lowest BCUT2D eigenvalue weighted by Crippen LogP contribution is -2.50. The molecule has 0 aliphatic heterocycles. The fraction of sp³-hybridized carbons (Fsp3) is 0.357. The van der Waals surface area contributed by atoms with Crippen molar-refractivity contribution in [1.29, 1.82) is 5.41 Å². The van der Waals surface area contributed by atoms with Crippen LogP contribution in [0.15, 0.2) is 55.1 Å². The average molecular weight is 636 g/mol. The van der Waals surface area contributed by atoms with E-state index in [-0.39, 0.29) is 23.9 Å². The Morgan fingerprint density at radius 2 is 1.73 bits per heavy atom. The van der Waals surface area contributed by atoms with Crippen LogP contribution in [0.2, 0.25) is 5.02 Å². The zero-order chi connectivity index (χ0) is 32.1. The van der Waals surface area contributed by atoms with E-state index >= 15 is 0 Å². The summed E-state index contributed by atoms with van der Waals surface area (Å²) in [7, 11) is 0. The van der Waals surface area contributed by atoms with Gasteiger partial charge in [0.1, 0.15) is 0 Å². The number of guanidine groups is 1. The molecule has 1 aliphatic carbocycles. The van der Waals surface area contributed by atoms with Crippen molar-refractivity contribution < 1.29 is 28.1 Å². The first-order valence-corrected chi connectivity index (χ1v) is 14.0. The lowest BCUT2D eigenvalue weighted by atomic mass is 10.1. The highest BCUT2D eigenvalue weighted by Gasteiger charge is 2.57. The number of nitrogens with two attached hydrogens (primary N) is 1. The summed E-state index contributed by atoms with van der Waals surface area (Å²) in [6.07, 6.45) is -2.57. The number of aromatic nitrogens is 3. The molecule has 236 valence electrons. The lowest BCUT2D eigenvalue weighted by Gasteiger charge is -2.24. The summed E-state index contributed by atoms with van der Waals surface area (Å²) in [6, 6.07) is 13.1. The molecule has 0 radical (unpaired) electrons. The standard InChI is InChI=1S/C28H33ClF3N9O3/c1-16(4-3-15-35-22(33)34)36-17(2)18-5-11-21(12-6-18)37-23-38-24(40-25(39-23)44-28(42,43)27(30,31)32)41-26(13-14-26)19-7-9-20(29)10-8-19/h5-12,16,36,42-43H,2-4,13-15H2,1H3,(H4,33,34,35)(H2,37,38,39,40,41)/t16-/m1/s1. The van der Waals surface area contributed by atoms with Gasteiger partial charge in [-0.3, -0.25) is 5.41 Å². The molecule has 1 aromatic heterocycles. The van der Waals surface area contributed by atoms with Crippen LogP contribution in [0.1, 0.15) is 43.7 Å². The van der Waals surface area contributed by atoms with Gasteiger partial charge in [0.25, 0.3) is 0 Å². The predicted octanol–water partition coefficient (Wildman–Crippen LogP) is 4.16. The van der Waals surface area contributed by atoms with E-state index in [1.165, 1.54) is 0 Å². The molecule has 1 fully saturated rings. The number of rotatable bonds is 14. The summed E-state index contributed by atoms with van der Waals surface area (Å²) in [4.78, 5) is 12.0. The van der Waals surface area contributed by atoms with Crippen LogP contribution in [-0.2, 0) is 5.54 Å². The van der Waals surface area contributed by atoms with E-state index in [1.54, 1.807) is 36.4 Å². The van der Waals surface area contributed by atoms with Crippen LogP contribution in [0.5, 0.6) is 6.01 Å². The van der Waals surface area contributed by atoms with Gasteiger partial charge in [0, 0.05) is 29.0 Å². The molecule has 4 rings (SSSR count). The Morgan fingerprint density at radius 1 is 1.09 bits per heavy atom. The number of hydrogen-bond donors (Lipinski definition) is 8. The van der Waals surface area contributed by atoms with Crippen molar-refractivity contribution in [3.05, 3.63) is 71.3 Å². The number of nitrogens with one attached hydrogen (secondary N) is 5. The van der Waals surface area contributed by atoms with E-state index in [0.717, 1.165) is 24.0 Å². The highest BCUT2D eigenvalue weighted by molar-refractivity contribution is 6.30. The van der Waals surface area contributed by atoms with Crippen molar-refractivity contribution in [3.63, 3.8) is 0 Å². The van der Waals surface area contributed by atoms with Gasteiger partial charge >= 0.3 is 18.2 Å². The van der Waals surface area contributed by atoms with Gasteiger partial charge < -0.3 is 42.0 Å². The normalized spacial score (nSPS) is 14.7. The van der Waals surface area contributed by atoms with E-state index in [0.29, 0.717) is 35.8 Å². The molecule has 3 aromatic rings. The average Bonchev–Trinajstić information content (AvgIpc) is 3.71. The molecule has 0 spiro atoms. The van der Waals surface area contributed by atoms with Crippen molar-refractivity contribution >= 4 is 40.8 Å². The van der Waals surface area contributed by atoms with E-state index in [2.05, 4.69) is 47.5 Å². The number of ether oxygens (including phenoxy) is 1. The van der Waals surface area contributed by atoms with Gasteiger partial charge in [0.05, 0.1) is 5.54 Å². The Morgan fingerprint density at radius 3 is 2.32 bits per heavy atom. The minimum absolute atomic E-state index is 0.0712. The maximum absolute atomic E-state index is 13.1. The first-order valence-electron chi connectivity index (χ1n) is 13.6. The quantitative estimate of drug-likeness (QED) is 0.0550. The van der Waals surface area contributed by atoms with Crippen LogP contribution in [0.25, 0.3) is 5.70 Å². The minimum atomic E-state index is -5.54. The summed E-state index contributed by atoms with van der Waals surface area (Å²) < 4.78 is 43.7. The fourth-order valence-electron chi connectivity index (χ4n) is 4.26. The fourth-order valence-corrected chi connectivity index (χ4v) is 4.39. The molecule has 12 nitrogen and oxygen atoms in total. The van der Waals surface area contributed by atoms with Crippen LogP contribution in [-0.4, -0.2) is 55.9 Å². The molecular weight excluding hydrogens is 603 g/mol. The van der Waals surface area contributed by atoms with Gasteiger partial charge in [-0.1, -0.05) is 42.4 Å². The van der Waals surface area contributed by atoms with Crippen molar-refractivity contribution in [2.75, 3.05) is 17.2 Å². The Hall–Kier alpha value is -4.34. The molecule has 0 bridgehead atoms. The third-order valence-corrected chi connectivity index (χ3v) is 7.01. The van der Waals surface area contributed by atoms with Crippen molar-refractivity contribution in [1.82, 2.24) is 25.6 Å². The SMILES string of the molecule is C=C(N[C@H](C)CCCNC(=N)N)c1ccc(Nc2nc(NC3(c4ccc(Cl)cc4)CC3)nc(OC(O)(O)C(F)(F)F)n2)cc1. The zero-order valence-corrected chi connectivity index (χ0v) is 24.4. The number of nitrogens with zero attached hydrogens (tertiary/aromatic N) is 3. The molecule has 0 amide bonds. The minimum Gasteiger partial charge on any atom is -0.398 e. The number of alkyl halides is 3. The smallest absolute Gasteiger partial charge is 0.398 e. The highest BCUT2D eigenvalue weighted by Crippen LogP contribution is 2.48. The van der Waals surface area contributed by atoms with Crippen molar-refractivity contribution in [2.45, 2.75) is 56.3 Å². The van der Waals surface area contributed by atoms with Gasteiger partial charge in [-0.05, 0) is 68.0 Å². The number of hydrogen-bond acceptors (Lipinski definition) is 10. The Labute approximate surface area is 256 Å². The second-order valence-electron chi connectivity index (χ2n) is 10.4. The molecular formula is C28H33ClF3N9O3. The highest BCUT2D eigenvalue weighted by atomic mass is 35.5. The van der Waals surface area contributed by atoms with Gasteiger partial charge in [-0.15, -0.1) is 0 Å². The van der Waals surface area contributed by atoms with Crippen LogP contribution in [0.3, 0.4) is 0 Å². The van der Waals surface area contributed by atoms with E-state index in [9.17, 15) is 23.4 Å². The van der Waals surface area contributed by atoms with Crippen molar-refractivity contribution in [3.8, 4) is 6.01 Å². The van der Waals surface area contributed by atoms with Crippen molar-refractivity contribution in [2.24, 2.45) is 5.73 Å². The van der Waals surface area contributed by atoms with Gasteiger partial charge in [-0.2, -0.15) is 28.1 Å². The molecule has 16 heteroatoms. The first kappa shape index (κ1) is 32.6. The third-order valence-electron chi connectivity index (χ3n) is 6.76. The number of anilines is 3. The van der Waals surface area contributed by atoms with Crippen LogP contribution in [0.4, 0.5) is 30.8 Å². The summed E-state index contributed by atoms with van der Waals surface area (Å²) in [5, 5.41) is 38.8. The van der Waals surface area contributed by atoms with E-state index < -0.39 is 23.7 Å². The zero-order valence-electron chi connectivity index (χ0n) is 23.7. The van der Waals surface area contributed by atoms with Crippen LogP contribution in [0, 0.1) is 5.41 Å². The summed E-state index contributed by atoms with van der Waals surface area (Å²) in [5.74, 6) is -4.96. The van der Waals surface area contributed by atoms with Gasteiger partial charge in [0.15, 0.2) is 5.96 Å². The molecule has 1 saturated carbocycles. The molecule has 2 aromatic carbocycles. The number of benzene rings is 2. The molecule has 0 unspecified atom stereocenters. The number of halogens is 4. The van der Waals surface area contributed by atoms with E-state index in [4.69, 9.17) is 22.7 Å². The lowest BCUT2D eigenvalue weighted by molar-refractivity contribution is -0.430. The molecule has 1 aliphatic rings. The molecule has 0 saturated heterocycles. The largest absolute Gasteiger partial charge is 0.486 e. The predicted molar refractivity (Wildman–Crippen MR) is 160 cm³/mol. The summed E-state index contributed by atoms with van der Waals surface area (Å²) >= 11 is 6.00.